The fourth-order valence-electron chi connectivity index (χ4n) is 1.85. The van der Waals surface area contributed by atoms with E-state index in [0.717, 1.165) is 18.9 Å². The summed E-state index contributed by atoms with van der Waals surface area (Å²) in [5.74, 6) is 1.94. The highest BCUT2D eigenvalue weighted by atomic mass is 35.5. The quantitative estimate of drug-likeness (QED) is 0.706. The predicted octanol–water partition coefficient (Wildman–Crippen LogP) is 3.61. The van der Waals surface area contributed by atoms with Crippen molar-refractivity contribution in [2.45, 2.75) is 46.0 Å². The summed E-state index contributed by atoms with van der Waals surface area (Å²) >= 11 is 5.88. The van der Waals surface area contributed by atoms with Crippen LogP contribution in [0, 0.1) is 5.92 Å². The van der Waals surface area contributed by atoms with Crippen LogP contribution < -0.4 is 10.2 Å². The minimum absolute atomic E-state index is 0.225. The molecule has 1 N–H and O–H groups in total. The fraction of sp³-hybridized carbons (Fsp3) is 0.786. The number of unbranched alkanes of at least 4 members (excludes halogenated alkanes) is 3. The Bertz CT molecular complexity index is 395. The summed E-state index contributed by atoms with van der Waals surface area (Å²) in [6.45, 7) is 5.41. The van der Waals surface area contributed by atoms with Gasteiger partial charge in [-0.1, -0.05) is 39.5 Å². The van der Waals surface area contributed by atoms with Crippen LogP contribution in [0.15, 0.2) is 0 Å². The van der Waals surface area contributed by atoms with E-state index in [1.807, 2.05) is 19.0 Å². The largest absolute Gasteiger partial charge is 0.354 e. The molecule has 0 aliphatic carbocycles. The van der Waals surface area contributed by atoms with Crippen molar-refractivity contribution in [1.29, 1.82) is 0 Å². The molecule has 0 aliphatic rings. The molecule has 0 spiro atoms. The van der Waals surface area contributed by atoms with Crippen LogP contribution in [0.4, 0.5) is 11.9 Å². The van der Waals surface area contributed by atoms with Gasteiger partial charge in [-0.15, -0.1) is 0 Å². The molecular formula is C14H26ClN5. The van der Waals surface area contributed by atoms with Crippen molar-refractivity contribution in [2.24, 2.45) is 5.92 Å². The molecule has 0 unspecified atom stereocenters. The molecule has 1 aromatic heterocycles. The summed E-state index contributed by atoms with van der Waals surface area (Å²) in [6.07, 6.45) is 6.29. The predicted molar refractivity (Wildman–Crippen MR) is 85.6 cm³/mol. The monoisotopic (exact) mass is 299 g/mol. The molecule has 6 heteroatoms. The molecular weight excluding hydrogens is 274 g/mol. The maximum Gasteiger partial charge on any atom is 0.230 e. The second-order valence-electron chi connectivity index (χ2n) is 5.65. The SMILES string of the molecule is CC(C)CCCCCCNc1nc(Cl)nc(N(C)C)n1. The summed E-state index contributed by atoms with van der Waals surface area (Å²) in [4.78, 5) is 14.2. The van der Waals surface area contributed by atoms with Crippen LogP contribution in [0.1, 0.15) is 46.0 Å². The van der Waals surface area contributed by atoms with Crippen molar-refractivity contribution in [3.05, 3.63) is 5.28 Å². The summed E-state index contributed by atoms with van der Waals surface area (Å²) in [7, 11) is 3.76. The first kappa shape index (κ1) is 17.0. The smallest absolute Gasteiger partial charge is 0.230 e. The zero-order chi connectivity index (χ0) is 15.0. The van der Waals surface area contributed by atoms with Gasteiger partial charge in [0.25, 0.3) is 0 Å². The van der Waals surface area contributed by atoms with Crippen LogP contribution in [0.25, 0.3) is 0 Å². The van der Waals surface area contributed by atoms with E-state index in [-0.39, 0.29) is 5.28 Å². The molecule has 1 aromatic rings. The van der Waals surface area contributed by atoms with Crippen molar-refractivity contribution in [2.75, 3.05) is 30.9 Å². The Labute approximate surface area is 127 Å². The maximum atomic E-state index is 5.88. The van der Waals surface area contributed by atoms with Crippen molar-refractivity contribution in [1.82, 2.24) is 15.0 Å². The second-order valence-corrected chi connectivity index (χ2v) is 5.98. The van der Waals surface area contributed by atoms with E-state index in [1.165, 1.54) is 25.7 Å². The Morgan fingerprint density at radius 2 is 1.75 bits per heavy atom. The minimum Gasteiger partial charge on any atom is -0.354 e. The lowest BCUT2D eigenvalue weighted by atomic mass is 10.0. The molecule has 114 valence electrons. The van der Waals surface area contributed by atoms with Crippen molar-refractivity contribution >= 4 is 23.5 Å². The van der Waals surface area contributed by atoms with Gasteiger partial charge in [-0.05, 0) is 23.9 Å². The van der Waals surface area contributed by atoms with Gasteiger partial charge in [0.05, 0.1) is 0 Å². The topological polar surface area (TPSA) is 53.9 Å². The van der Waals surface area contributed by atoms with E-state index in [0.29, 0.717) is 11.9 Å². The van der Waals surface area contributed by atoms with Gasteiger partial charge in [-0.3, -0.25) is 0 Å². The average molecular weight is 300 g/mol. The molecule has 0 radical (unpaired) electrons. The number of hydrogen-bond acceptors (Lipinski definition) is 5. The lowest BCUT2D eigenvalue weighted by molar-refractivity contribution is 0.523. The molecule has 5 nitrogen and oxygen atoms in total. The molecule has 0 saturated carbocycles. The van der Waals surface area contributed by atoms with Gasteiger partial charge in [0.1, 0.15) is 0 Å². The van der Waals surface area contributed by atoms with Crippen LogP contribution in [-0.4, -0.2) is 35.6 Å². The minimum atomic E-state index is 0.225. The Morgan fingerprint density at radius 1 is 1.05 bits per heavy atom. The number of hydrogen-bond donors (Lipinski definition) is 1. The van der Waals surface area contributed by atoms with Crippen LogP contribution >= 0.6 is 11.6 Å². The fourth-order valence-corrected chi connectivity index (χ4v) is 2.01. The van der Waals surface area contributed by atoms with Crippen molar-refractivity contribution in [3.63, 3.8) is 0 Å². The Kier molecular flexibility index (Phi) is 7.59. The third kappa shape index (κ3) is 6.89. The molecule has 20 heavy (non-hydrogen) atoms. The van der Waals surface area contributed by atoms with Crippen LogP contribution in [0.2, 0.25) is 5.28 Å². The Morgan fingerprint density at radius 3 is 2.40 bits per heavy atom. The van der Waals surface area contributed by atoms with Gasteiger partial charge < -0.3 is 10.2 Å². The van der Waals surface area contributed by atoms with E-state index in [1.54, 1.807) is 0 Å². The molecule has 1 rings (SSSR count). The molecule has 0 bridgehead atoms. The summed E-state index contributed by atoms with van der Waals surface area (Å²) in [6, 6.07) is 0. The first-order chi connectivity index (χ1) is 9.49. The molecule has 1 heterocycles. The third-order valence-electron chi connectivity index (χ3n) is 2.99. The summed E-state index contributed by atoms with van der Waals surface area (Å²) in [5.41, 5.74) is 0. The first-order valence-corrected chi connectivity index (χ1v) is 7.69. The van der Waals surface area contributed by atoms with E-state index >= 15 is 0 Å². The Balaban J connectivity index is 2.25. The highest BCUT2D eigenvalue weighted by Crippen LogP contribution is 2.12. The van der Waals surface area contributed by atoms with Crippen molar-refractivity contribution in [3.8, 4) is 0 Å². The molecule has 0 saturated heterocycles. The van der Waals surface area contributed by atoms with Gasteiger partial charge in [0.2, 0.25) is 17.2 Å². The lowest BCUT2D eigenvalue weighted by Gasteiger charge is -2.11. The summed E-state index contributed by atoms with van der Waals surface area (Å²) in [5, 5.41) is 3.43. The average Bonchev–Trinajstić information content (AvgIpc) is 2.36. The number of aromatic nitrogens is 3. The lowest BCUT2D eigenvalue weighted by Crippen LogP contribution is -2.15. The van der Waals surface area contributed by atoms with Gasteiger partial charge in [-0.2, -0.15) is 15.0 Å². The number of anilines is 2. The van der Waals surface area contributed by atoms with Gasteiger partial charge in [-0.25, -0.2) is 0 Å². The van der Waals surface area contributed by atoms with Gasteiger partial charge >= 0.3 is 0 Å². The van der Waals surface area contributed by atoms with E-state index in [9.17, 15) is 0 Å². The first-order valence-electron chi connectivity index (χ1n) is 7.32. The molecule has 0 aliphatic heterocycles. The highest BCUT2D eigenvalue weighted by Gasteiger charge is 2.05. The molecule has 0 fully saturated rings. The third-order valence-corrected chi connectivity index (χ3v) is 3.16. The van der Waals surface area contributed by atoms with Crippen LogP contribution in [0.3, 0.4) is 0 Å². The normalized spacial score (nSPS) is 10.9. The highest BCUT2D eigenvalue weighted by molar-refractivity contribution is 6.28. The van der Waals surface area contributed by atoms with Gasteiger partial charge in [0, 0.05) is 20.6 Å². The maximum absolute atomic E-state index is 5.88. The molecule has 0 amide bonds. The number of nitrogens with one attached hydrogen (secondary N) is 1. The summed E-state index contributed by atoms with van der Waals surface area (Å²) < 4.78 is 0. The van der Waals surface area contributed by atoms with Crippen LogP contribution in [-0.2, 0) is 0 Å². The second kappa shape index (κ2) is 8.95. The van der Waals surface area contributed by atoms with E-state index in [2.05, 4.69) is 34.1 Å². The van der Waals surface area contributed by atoms with Crippen LogP contribution in [0.5, 0.6) is 0 Å². The standard InChI is InChI=1S/C14H26ClN5/c1-11(2)9-7-5-6-8-10-16-13-17-12(15)18-14(19-13)20(3)4/h11H,5-10H2,1-4H3,(H,16,17,18,19). The number of halogens is 1. The van der Waals surface area contributed by atoms with E-state index in [4.69, 9.17) is 11.6 Å². The van der Waals surface area contributed by atoms with Crippen molar-refractivity contribution < 1.29 is 0 Å². The van der Waals surface area contributed by atoms with E-state index < -0.39 is 0 Å². The van der Waals surface area contributed by atoms with Gasteiger partial charge in [0.15, 0.2) is 0 Å². The number of rotatable bonds is 9. The number of nitrogens with zero attached hydrogens (tertiary/aromatic N) is 4. The molecule has 0 atom stereocenters. The molecule has 0 aromatic carbocycles. The zero-order valence-electron chi connectivity index (χ0n) is 13.0. The zero-order valence-corrected chi connectivity index (χ0v) is 13.7. The Hall–Kier alpha value is -1.10.